The molecule has 39 heavy (non-hydrogen) atoms. The second kappa shape index (κ2) is 12.5. The molecule has 4 nitrogen and oxygen atoms in total. The number of benzene rings is 2. The van der Waals surface area contributed by atoms with Crippen LogP contribution >= 0.6 is 34.8 Å². The first kappa shape index (κ1) is 32.9. The lowest BCUT2D eigenvalue weighted by molar-refractivity contribution is -0.139. The van der Waals surface area contributed by atoms with Crippen LogP contribution in [0.3, 0.4) is 0 Å². The van der Waals surface area contributed by atoms with Crippen LogP contribution in [0.2, 0.25) is 15.1 Å². The number of carbonyl (C=O) groups is 1. The molecule has 1 N–H and O–H groups in total. The van der Waals surface area contributed by atoms with Crippen LogP contribution in [0.15, 0.2) is 43.0 Å². The first-order valence-corrected chi connectivity index (χ1v) is 13.6. The van der Waals surface area contributed by atoms with Crippen LogP contribution in [0, 0.1) is 0 Å². The highest BCUT2D eigenvalue weighted by Crippen LogP contribution is 2.42. The first-order valence-electron chi connectivity index (χ1n) is 10.7. The van der Waals surface area contributed by atoms with Gasteiger partial charge in [-0.3, -0.25) is 4.79 Å². The number of amides is 1. The van der Waals surface area contributed by atoms with Gasteiger partial charge in [-0.15, -0.1) is 0 Å². The van der Waals surface area contributed by atoms with E-state index >= 15 is 4.39 Å². The average molecular weight is 641 g/mol. The molecule has 0 aromatic heterocycles. The van der Waals surface area contributed by atoms with Gasteiger partial charge in [-0.1, -0.05) is 53.5 Å². The number of allylic oxidation sites excluding steroid dienone is 1. The second-order valence-electron chi connectivity index (χ2n) is 8.38. The van der Waals surface area contributed by atoms with Crippen LogP contribution in [-0.4, -0.2) is 44.2 Å². The van der Waals surface area contributed by atoms with Gasteiger partial charge in [-0.05, 0) is 48.4 Å². The maximum absolute atomic E-state index is 15.0. The van der Waals surface area contributed by atoms with E-state index in [0.717, 1.165) is 36.4 Å². The number of sulfone groups is 1. The molecule has 0 aliphatic carbocycles. The van der Waals surface area contributed by atoms with Crippen LogP contribution < -0.4 is 5.32 Å². The molecule has 0 spiro atoms. The van der Waals surface area contributed by atoms with Crippen LogP contribution in [0.4, 0.5) is 30.7 Å². The van der Waals surface area contributed by atoms with Crippen LogP contribution in [0.5, 0.6) is 0 Å². The lowest BCUT2D eigenvalue weighted by Gasteiger charge is -2.19. The number of hydrogen-bond acceptors (Lipinski definition) is 3. The van der Waals surface area contributed by atoms with Crippen molar-refractivity contribution in [2.24, 2.45) is 0 Å². The first-order chi connectivity index (χ1) is 17.7. The maximum Gasteiger partial charge on any atom is 0.402 e. The largest absolute Gasteiger partial charge is 0.402 e. The minimum absolute atomic E-state index is 0.0416. The van der Waals surface area contributed by atoms with E-state index in [4.69, 9.17) is 34.8 Å². The molecule has 214 valence electrons. The predicted molar refractivity (Wildman–Crippen MR) is 138 cm³/mol. The van der Waals surface area contributed by atoms with Crippen LogP contribution in [0.25, 0.3) is 11.9 Å². The Balaban J connectivity index is 2.35. The summed E-state index contributed by atoms with van der Waals surface area (Å²) in [5.41, 5.74) is -1.06. The molecule has 0 heterocycles. The summed E-state index contributed by atoms with van der Waals surface area (Å²) in [6.07, 6.45) is -8.53. The monoisotopic (exact) mass is 639 g/mol. The molecule has 0 saturated carbocycles. The lowest BCUT2D eigenvalue weighted by atomic mass is 9.95. The number of hydrogen-bond donors (Lipinski definition) is 1. The highest BCUT2D eigenvalue weighted by Gasteiger charge is 2.40. The van der Waals surface area contributed by atoms with Crippen molar-refractivity contribution in [3.63, 3.8) is 0 Å². The molecule has 0 aliphatic rings. The third kappa shape index (κ3) is 9.40. The number of rotatable bonds is 9. The molecule has 2 unspecified atom stereocenters. The molecule has 2 rings (SSSR count). The van der Waals surface area contributed by atoms with E-state index in [9.17, 15) is 39.6 Å². The summed E-state index contributed by atoms with van der Waals surface area (Å²) in [7, 11) is -4.59. The molecule has 2 aromatic rings. The van der Waals surface area contributed by atoms with Gasteiger partial charge in [0.25, 0.3) is 5.91 Å². The fourth-order valence-electron chi connectivity index (χ4n) is 3.50. The van der Waals surface area contributed by atoms with Crippen molar-refractivity contribution in [1.82, 2.24) is 5.32 Å². The summed E-state index contributed by atoms with van der Waals surface area (Å²) >= 11 is 17.4. The number of halogens is 10. The quantitative estimate of drug-likeness (QED) is 0.223. The molecule has 0 aliphatic heterocycles. The van der Waals surface area contributed by atoms with Crippen molar-refractivity contribution in [1.29, 1.82) is 0 Å². The van der Waals surface area contributed by atoms with Gasteiger partial charge in [0.05, 0.1) is 20.8 Å². The zero-order valence-corrected chi connectivity index (χ0v) is 22.8. The van der Waals surface area contributed by atoms with Gasteiger partial charge >= 0.3 is 12.4 Å². The molecular formula is C24H19Cl3F7NO3S. The molecule has 1 amide bonds. The predicted octanol–water partition coefficient (Wildman–Crippen LogP) is 8.04. The molecule has 15 heteroatoms. The number of nitrogens with one attached hydrogen (secondary N) is 1. The minimum Gasteiger partial charge on any atom is -0.349 e. The Morgan fingerprint density at radius 3 is 2.10 bits per heavy atom. The van der Waals surface area contributed by atoms with E-state index in [1.165, 1.54) is 6.92 Å². The van der Waals surface area contributed by atoms with Gasteiger partial charge in [-0.25, -0.2) is 12.8 Å². The Hall–Kier alpha value is -2.28. The van der Waals surface area contributed by atoms with Crippen molar-refractivity contribution in [2.75, 3.05) is 11.5 Å². The van der Waals surface area contributed by atoms with Gasteiger partial charge in [0, 0.05) is 17.2 Å². The van der Waals surface area contributed by atoms with Gasteiger partial charge in [0.1, 0.15) is 17.5 Å². The Kier molecular flexibility index (Phi) is 10.5. The molecule has 0 fully saturated rings. The summed E-state index contributed by atoms with van der Waals surface area (Å²) in [4.78, 5) is 12.6. The van der Waals surface area contributed by atoms with Crippen molar-refractivity contribution < 1.29 is 43.9 Å². The highest BCUT2D eigenvalue weighted by molar-refractivity contribution is 7.91. The van der Waals surface area contributed by atoms with Gasteiger partial charge in [0.15, 0.2) is 9.84 Å². The van der Waals surface area contributed by atoms with E-state index in [-0.39, 0.29) is 37.8 Å². The summed E-state index contributed by atoms with van der Waals surface area (Å²) in [6, 6.07) is 3.63. The van der Waals surface area contributed by atoms with Crippen molar-refractivity contribution in [2.45, 2.75) is 31.2 Å². The second-order valence-corrected chi connectivity index (χ2v) is 11.7. The molecule has 0 saturated heterocycles. The van der Waals surface area contributed by atoms with E-state index in [2.05, 4.69) is 11.9 Å². The summed E-state index contributed by atoms with van der Waals surface area (Å²) < 4.78 is 117. The number of carbonyl (C=O) groups excluding carboxylic acids is 1. The maximum atomic E-state index is 15.0. The fourth-order valence-corrected chi connectivity index (χ4v) is 5.57. The van der Waals surface area contributed by atoms with E-state index in [0.29, 0.717) is 0 Å². The van der Waals surface area contributed by atoms with Crippen LogP contribution in [0.1, 0.15) is 39.9 Å². The van der Waals surface area contributed by atoms with E-state index in [1.54, 1.807) is 0 Å². The Morgan fingerprint density at radius 2 is 1.62 bits per heavy atom. The van der Waals surface area contributed by atoms with Gasteiger partial charge in [0.2, 0.25) is 0 Å². The summed E-state index contributed by atoms with van der Waals surface area (Å²) in [5.74, 6) is -7.78. The third-order valence-corrected chi connectivity index (χ3v) is 8.06. The number of alkyl halides is 6. The van der Waals surface area contributed by atoms with E-state index < -0.39 is 63.0 Å². The molecular weight excluding hydrogens is 622 g/mol. The minimum atomic E-state index is -4.96. The Bertz CT molecular complexity index is 1370. The zero-order chi connectivity index (χ0) is 29.9. The van der Waals surface area contributed by atoms with Gasteiger partial charge < -0.3 is 5.32 Å². The lowest BCUT2D eigenvalue weighted by Crippen LogP contribution is -2.40. The van der Waals surface area contributed by atoms with Crippen LogP contribution in [-0.2, 0) is 9.84 Å². The molecule has 2 aromatic carbocycles. The molecule has 2 atom stereocenters. The Morgan fingerprint density at radius 1 is 1.05 bits per heavy atom. The SMILES string of the molecule is C=Cc1cc(/C(F)=C/C(c2cc(Cl)c(Cl)c(Cl)c2)C(F)(F)F)ccc1C(=O)NC(C)CS(=O)(=O)CC(F)(F)F. The standard InChI is InChI=1S/C24H19Cl3F7NO3S/c1-3-13-6-14(4-5-16(13)22(36)35-12(2)10-39(37,38)11-23(29,30)31)20(28)9-17(24(32,33)34)15-7-18(25)21(27)19(26)8-15/h3-9,12,17H,1,10-11H2,2H3,(H,35,36)/b20-9-. The fraction of sp³-hybridized carbons (Fsp3) is 0.292. The summed E-state index contributed by atoms with van der Waals surface area (Å²) in [6.45, 7) is 4.63. The van der Waals surface area contributed by atoms with E-state index in [1.807, 2.05) is 0 Å². The van der Waals surface area contributed by atoms with Crippen molar-refractivity contribution >= 4 is 62.5 Å². The topological polar surface area (TPSA) is 63.2 Å². The van der Waals surface area contributed by atoms with Crippen molar-refractivity contribution in [3.8, 4) is 0 Å². The van der Waals surface area contributed by atoms with Crippen molar-refractivity contribution in [3.05, 3.63) is 80.3 Å². The molecule has 0 radical (unpaired) electrons. The zero-order valence-electron chi connectivity index (χ0n) is 19.7. The van der Waals surface area contributed by atoms with Gasteiger partial charge in [-0.2, -0.15) is 26.3 Å². The third-order valence-electron chi connectivity index (χ3n) is 5.09. The average Bonchev–Trinajstić information content (AvgIpc) is 2.76. The highest BCUT2D eigenvalue weighted by atomic mass is 35.5. The smallest absolute Gasteiger partial charge is 0.349 e. The summed E-state index contributed by atoms with van der Waals surface area (Å²) in [5, 5.41) is 1.50. The molecule has 0 bridgehead atoms. The Labute approximate surface area is 234 Å². The normalized spacial score (nSPS) is 14.6.